The van der Waals surface area contributed by atoms with Crippen LogP contribution in [0.15, 0.2) is 42.7 Å². The highest BCUT2D eigenvalue weighted by atomic mass is 15.0. The van der Waals surface area contributed by atoms with Gasteiger partial charge in [0.15, 0.2) is 0 Å². The number of fused-ring (bicyclic) bond motifs is 1. The van der Waals surface area contributed by atoms with Crippen molar-refractivity contribution >= 4 is 22.4 Å². The molecule has 0 aliphatic carbocycles. The predicted octanol–water partition coefficient (Wildman–Crippen LogP) is 3.08. The first-order valence-electron chi connectivity index (χ1n) is 6.63. The number of aryl methyl sites for hydroxylation is 2. The Balaban J connectivity index is 1.81. The Kier molecular flexibility index (Phi) is 3.06. The largest absolute Gasteiger partial charge is 0.397 e. The third-order valence-electron chi connectivity index (χ3n) is 3.48. The number of rotatable bonds is 3. The minimum atomic E-state index is 0.736. The van der Waals surface area contributed by atoms with Gasteiger partial charge in [0.05, 0.1) is 28.7 Å². The smallest absolute Gasteiger partial charge is 0.0955 e. The Morgan fingerprint density at radius 2 is 2.05 bits per heavy atom. The molecule has 0 unspecified atom stereocenters. The number of imidazole rings is 1. The Hall–Kier alpha value is -2.49. The number of anilines is 2. The molecule has 0 bridgehead atoms. The molecule has 102 valence electrons. The molecule has 2 aromatic carbocycles. The van der Waals surface area contributed by atoms with Gasteiger partial charge in [-0.25, -0.2) is 4.98 Å². The van der Waals surface area contributed by atoms with Crippen LogP contribution in [0.4, 0.5) is 11.4 Å². The van der Waals surface area contributed by atoms with Crippen molar-refractivity contribution in [1.82, 2.24) is 9.55 Å². The number of nitrogens with zero attached hydrogens (tertiary/aromatic N) is 2. The summed E-state index contributed by atoms with van der Waals surface area (Å²) in [6.45, 7) is 2.80. The maximum absolute atomic E-state index is 5.97. The molecule has 0 radical (unpaired) electrons. The molecule has 1 aromatic heterocycles. The van der Waals surface area contributed by atoms with E-state index in [2.05, 4.69) is 41.5 Å². The fourth-order valence-electron chi connectivity index (χ4n) is 2.31. The van der Waals surface area contributed by atoms with Crippen LogP contribution in [0.5, 0.6) is 0 Å². The Bertz CT molecular complexity index is 758. The van der Waals surface area contributed by atoms with Crippen LogP contribution in [0.25, 0.3) is 11.0 Å². The Morgan fingerprint density at radius 1 is 1.20 bits per heavy atom. The molecule has 0 fully saturated rings. The molecule has 0 aliphatic rings. The number of nitrogens with one attached hydrogen (secondary N) is 1. The zero-order valence-corrected chi connectivity index (χ0v) is 11.7. The maximum atomic E-state index is 5.97. The first-order chi connectivity index (χ1) is 9.63. The number of benzene rings is 2. The second-order valence-corrected chi connectivity index (χ2v) is 5.12. The van der Waals surface area contributed by atoms with Gasteiger partial charge in [-0.15, -0.1) is 0 Å². The average Bonchev–Trinajstić information content (AvgIpc) is 2.81. The van der Waals surface area contributed by atoms with Crippen molar-refractivity contribution in [3.8, 4) is 0 Å². The zero-order chi connectivity index (χ0) is 14.1. The van der Waals surface area contributed by atoms with E-state index in [4.69, 9.17) is 5.73 Å². The molecule has 0 amide bonds. The van der Waals surface area contributed by atoms with Gasteiger partial charge in [0, 0.05) is 13.6 Å². The van der Waals surface area contributed by atoms with Gasteiger partial charge in [-0.3, -0.25) is 0 Å². The number of hydrogen-bond donors (Lipinski definition) is 2. The Labute approximate surface area is 118 Å². The highest BCUT2D eigenvalue weighted by Gasteiger charge is 2.03. The van der Waals surface area contributed by atoms with Crippen molar-refractivity contribution in [2.75, 3.05) is 11.1 Å². The van der Waals surface area contributed by atoms with Crippen molar-refractivity contribution < 1.29 is 0 Å². The molecule has 20 heavy (non-hydrogen) atoms. The third kappa shape index (κ3) is 2.32. The van der Waals surface area contributed by atoms with E-state index < -0.39 is 0 Å². The van der Waals surface area contributed by atoms with E-state index in [0.29, 0.717) is 0 Å². The topological polar surface area (TPSA) is 55.9 Å². The second kappa shape index (κ2) is 4.89. The van der Waals surface area contributed by atoms with Gasteiger partial charge in [0.1, 0.15) is 0 Å². The molecule has 0 saturated carbocycles. The summed E-state index contributed by atoms with van der Waals surface area (Å²) in [7, 11) is 2.00. The number of aromatic nitrogens is 2. The monoisotopic (exact) mass is 266 g/mol. The molecular weight excluding hydrogens is 248 g/mol. The molecule has 0 saturated heterocycles. The quantitative estimate of drug-likeness (QED) is 0.716. The zero-order valence-electron chi connectivity index (χ0n) is 11.7. The lowest BCUT2D eigenvalue weighted by atomic mass is 10.1. The molecule has 3 aromatic rings. The SMILES string of the molecule is Cc1ccc(N)c(NCc2ccc3c(c2)ncn3C)c1. The summed E-state index contributed by atoms with van der Waals surface area (Å²) < 4.78 is 2.02. The van der Waals surface area contributed by atoms with Crippen LogP contribution in [0.3, 0.4) is 0 Å². The number of hydrogen-bond acceptors (Lipinski definition) is 3. The van der Waals surface area contributed by atoms with Gasteiger partial charge in [0.2, 0.25) is 0 Å². The average molecular weight is 266 g/mol. The highest BCUT2D eigenvalue weighted by molar-refractivity contribution is 5.76. The summed E-state index contributed by atoms with van der Waals surface area (Å²) in [6.07, 6.45) is 1.83. The number of nitrogen functional groups attached to an aromatic ring is 1. The van der Waals surface area contributed by atoms with E-state index in [1.54, 1.807) is 0 Å². The summed E-state index contributed by atoms with van der Waals surface area (Å²) >= 11 is 0. The van der Waals surface area contributed by atoms with E-state index >= 15 is 0 Å². The lowest BCUT2D eigenvalue weighted by molar-refractivity contribution is 0.947. The molecular formula is C16H18N4. The molecule has 4 nitrogen and oxygen atoms in total. The van der Waals surface area contributed by atoms with Gasteiger partial charge in [0.25, 0.3) is 0 Å². The highest BCUT2D eigenvalue weighted by Crippen LogP contribution is 2.21. The van der Waals surface area contributed by atoms with Crippen LogP contribution in [0.1, 0.15) is 11.1 Å². The fourth-order valence-corrected chi connectivity index (χ4v) is 2.31. The van der Waals surface area contributed by atoms with E-state index in [1.807, 2.05) is 30.1 Å². The third-order valence-corrected chi connectivity index (χ3v) is 3.48. The van der Waals surface area contributed by atoms with Crippen LogP contribution in [0, 0.1) is 6.92 Å². The van der Waals surface area contributed by atoms with Gasteiger partial charge in [-0.1, -0.05) is 12.1 Å². The Morgan fingerprint density at radius 3 is 2.90 bits per heavy atom. The standard InChI is InChI=1S/C16H18N4/c1-11-3-5-13(17)14(7-11)18-9-12-4-6-16-15(8-12)19-10-20(16)2/h3-8,10,18H,9,17H2,1-2H3. The minimum absolute atomic E-state index is 0.736. The van der Waals surface area contributed by atoms with E-state index in [-0.39, 0.29) is 0 Å². The number of nitrogens with two attached hydrogens (primary N) is 1. The second-order valence-electron chi connectivity index (χ2n) is 5.12. The van der Waals surface area contributed by atoms with Crippen molar-refractivity contribution in [3.63, 3.8) is 0 Å². The molecule has 3 N–H and O–H groups in total. The first kappa shape index (κ1) is 12.5. The van der Waals surface area contributed by atoms with Gasteiger partial charge < -0.3 is 15.6 Å². The minimum Gasteiger partial charge on any atom is -0.397 e. The van der Waals surface area contributed by atoms with Crippen LogP contribution >= 0.6 is 0 Å². The van der Waals surface area contributed by atoms with Crippen LogP contribution in [-0.2, 0) is 13.6 Å². The summed E-state index contributed by atoms with van der Waals surface area (Å²) in [4.78, 5) is 4.38. The van der Waals surface area contributed by atoms with Crippen molar-refractivity contribution in [1.29, 1.82) is 0 Å². The summed E-state index contributed by atoms with van der Waals surface area (Å²) in [5, 5.41) is 3.38. The van der Waals surface area contributed by atoms with Crippen LogP contribution < -0.4 is 11.1 Å². The molecule has 0 spiro atoms. The van der Waals surface area contributed by atoms with Crippen LogP contribution in [0.2, 0.25) is 0 Å². The lowest BCUT2D eigenvalue weighted by Gasteiger charge is -2.10. The normalized spacial score (nSPS) is 10.9. The molecule has 3 rings (SSSR count). The predicted molar refractivity (Wildman–Crippen MR) is 83.6 cm³/mol. The molecule has 0 atom stereocenters. The van der Waals surface area contributed by atoms with E-state index in [9.17, 15) is 0 Å². The summed E-state index contributed by atoms with van der Waals surface area (Å²) in [5.41, 5.74) is 12.3. The molecule has 1 heterocycles. The van der Waals surface area contributed by atoms with Crippen LogP contribution in [-0.4, -0.2) is 9.55 Å². The van der Waals surface area contributed by atoms with Gasteiger partial charge in [-0.05, 0) is 42.3 Å². The summed E-state index contributed by atoms with van der Waals surface area (Å²) in [6, 6.07) is 12.3. The van der Waals surface area contributed by atoms with Gasteiger partial charge in [-0.2, -0.15) is 0 Å². The maximum Gasteiger partial charge on any atom is 0.0955 e. The van der Waals surface area contributed by atoms with E-state index in [1.165, 1.54) is 11.1 Å². The van der Waals surface area contributed by atoms with Crippen molar-refractivity contribution in [3.05, 3.63) is 53.9 Å². The fraction of sp³-hybridized carbons (Fsp3) is 0.188. The van der Waals surface area contributed by atoms with Gasteiger partial charge >= 0.3 is 0 Å². The molecule has 4 heteroatoms. The lowest BCUT2D eigenvalue weighted by Crippen LogP contribution is -2.02. The summed E-state index contributed by atoms with van der Waals surface area (Å²) in [5.74, 6) is 0. The molecule has 0 aliphatic heterocycles. The van der Waals surface area contributed by atoms with E-state index in [0.717, 1.165) is 29.0 Å². The van der Waals surface area contributed by atoms with Crippen molar-refractivity contribution in [2.24, 2.45) is 7.05 Å². The van der Waals surface area contributed by atoms with Crippen molar-refractivity contribution in [2.45, 2.75) is 13.5 Å². The first-order valence-corrected chi connectivity index (χ1v) is 6.63.